The molecule has 0 aliphatic heterocycles. The Kier molecular flexibility index (Phi) is 7.60. The van der Waals surface area contributed by atoms with Gasteiger partial charge in [-0.3, -0.25) is 9.69 Å². The van der Waals surface area contributed by atoms with Crippen LogP contribution >= 0.6 is 0 Å². The van der Waals surface area contributed by atoms with Gasteiger partial charge in [-0.25, -0.2) is 0 Å². The SMILES string of the molecule is CCN(CC)C(CNCc1cccc(C(N)=O)c1)c1ccc(C(F)(F)F)cc1. The molecule has 0 bridgehead atoms. The van der Waals surface area contributed by atoms with Gasteiger partial charge in [0.25, 0.3) is 0 Å². The molecule has 0 heterocycles. The van der Waals surface area contributed by atoms with Crippen molar-refractivity contribution in [1.29, 1.82) is 0 Å². The van der Waals surface area contributed by atoms with E-state index in [0.717, 1.165) is 36.3 Å². The van der Waals surface area contributed by atoms with E-state index in [-0.39, 0.29) is 6.04 Å². The predicted molar refractivity (Wildman–Crippen MR) is 104 cm³/mol. The van der Waals surface area contributed by atoms with Crippen LogP contribution in [0.15, 0.2) is 48.5 Å². The molecule has 152 valence electrons. The van der Waals surface area contributed by atoms with E-state index in [1.54, 1.807) is 30.3 Å². The zero-order chi connectivity index (χ0) is 20.7. The molecule has 0 aliphatic carbocycles. The number of rotatable bonds is 9. The molecule has 7 heteroatoms. The highest BCUT2D eigenvalue weighted by molar-refractivity contribution is 5.92. The topological polar surface area (TPSA) is 58.4 Å². The molecule has 0 aromatic heterocycles. The second-order valence-corrected chi connectivity index (χ2v) is 6.55. The lowest BCUT2D eigenvalue weighted by atomic mass is 10.0. The van der Waals surface area contributed by atoms with Crippen molar-refractivity contribution in [3.8, 4) is 0 Å². The van der Waals surface area contributed by atoms with Crippen molar-refractivity contribution in [2.45, 2.75) is 32.6 Å². The van der Waals surface area contributed by atoms with Gasteiger partial charge >= 0.3 is 6.18 Å². The lowest BCUT2D eigenvalue weighted by Gasteiger charge is -2.30. The van der Waals surface area contributed by atoms with Gasteiger partial charge in [-0.15, -0.1) is 0 Å². The molecule has 1 amide bonds. The Bertz CT molecular complexity index is 771. The first-order valence-electron chi connectivity index (χ1n) is 9.26. The number of halogens is 3. The van der Waals surface area contributed by atoms with E-state index in [9.17, 15) is 18.0 Å². The van der Waals surface area contributed by atoms with Crippen LogP contribution in [0.3, 0.4) is 0 Å². The highest BCUT2D eigenvalue weighted by atomic mass is 19.4. The summed E-state index contributed by atoms with van der Waals surface area (Å²) in [7, 11) is 0. The molecule has 0 radical (unpaired) electrons. The summed E-state index contributed by atoms with van der Waals surface area (Å²) in [5.74, 6) is -0.479. The minimum Gasteiger partial charge on any atom is -0.366 e. The zero-order valence-electron chi connectivity index (χ0n) is 16.1. The Morgan fingerprint density at radius 1 is 1.11 bits per heavy atom. The van der Waals surface area contributed by atoms with Crippen LogP contribution in [0.25, 0.3) is 0 Å². The van der Waals surface area contributed by atoms with Crippen molar-refractivity contribution in [1.82, 2.24) is 10.2 Å². The normalized spacial score (nSPS) is 12.9. The molecule has 2 aromatic carbocycles. The van der Waals surface area contributed by atoms with Crippen LogP contribution in [0.4, 0.5) is 13.2 Å². The zero-order valence-corrected chi connectivity index (χ0v) is 16.1. The highest BCUT2D eigenvalue weighted by Crippen LogP contribution is 2.30. The van der Waals surface area contributed by atoms with E-state index in [2.05, 4.69) is 10.2 Å². The summed E-state index contributed by atoms with van der Waals surface area (Å²) in [6, 6.07) is 12.3. The molecule has 2 aromatic rings. The van der Waals surface area contributed by atoms with Crippen LogP contribution in [-0.4, -0.2) is 30.4 Å². The smallest absolute Gasteiger partial charge is 0.366 e. The lowest BCUT2D eigenvalue weighted by Crippen LogP contribution is -2.35. The van der Waals surface area contributed by atoms with Gasteiger partial charge in [-0.05, 0) is 48.5 Å². The molecule has 1 atom stereocenters. The lowest BCUT2D eigenvalue weighted by molar-refractivity contribution is -0.137. The van der Waals surface area contributed by atoms with Crippen molar-refractivity contribution in [2.24, 2.45) is 5.73 Å². The fourth-order valence-electron chi connectivity index (χ4n) is 3.20. The van der Waals surface area contributed by atoms with Gasteiger partial charge in [0.05, 0.1) is 5.56 Å². The first-order chi connectivity index (χ1) is 13.3. The Labute approximate surface area is 163 Å². The second-order valence-electron chi connectivity index (χ2n) is 6.55. The van der Waals surface area contributed by atoms with Gasteiger partial charge in [-0.2, -0.15) is 13.2 Å². The van der Waals surface area contributed by atoms with Crippen molar-refractivity contribution in [3.63, 3.8) is 0 Å². The number of carbonyl (C=O) groups excluding carboxylic acids is 1. The van der Waals surface area contributed by atoms with Gasteiger partial charge in [0.15, 0.2) is 0 Å². The highest BCUT2D eigenvalue weighted by Gasteiger charge is 2.30. The molecule has 0 fully saturated rings. The van der Waals surface area contributed by atoms with Crippen molar-refractivity contribution < 1.29 is 18.0 Å². The first-order valence-corrected chi connectivity index (χ1v) is 9.26. The molecule has 0 aliphatic rings. The number of hydrogen-bond donors (Lipinski definition) is 2. The first kappa shape index (κ1) is 21.9. The number of alkyl halides is 3. The van der Waals surface area contributed by atoms with E-state index < -0.39 is 17.6 Å². The number of hydrogen-bond acceptors (Lipinski definition) is 3. The van der Waals surface area contributed by atoms with Crippen LogP contribution in [0.1, 0.15) is 46.9 Å². The number of nitrogens with one attached hydrogen (secondary N) is 1. The minimum absolute atomic E-state index is 0.0587. The van der Waals surface area contributed by atoms with Crippen LogP contribution < -0.4 is 11.1 Å². The Morgan fingerprint density at radius 3 is 2.29 bits per heavy atom. The van der Waals surface area contributed by atoms with Gasteiger partial charge in [0.1, 0.15) is 0 Å². The maximum atomic E-state index is 12.8. The molecule has 0 saturated carbocycles. The summed E-state index contributed by atoms with van der Waals surface area (Å²) in [5, 5.41) is 3.34. The van der Waals surface area contributed by atoms with Crippen molar-refractivity contribution >= 4 is 5.91 Å². The number of carbonyl (C=O) groups is 1. The van der Waals surface area contributed by atoms with Gasteiger partial charge in [0, 0.05) is 24.7 Å². The van der Waals surface area contributed by atoms with Gasteiger partial charge in [-0.1, -0.05) is 38.1 Å². The number of amides is 1. The largest absolute Gasteiger partial charge is 0.416 e. The van der Waals surface area contributed by atoms with E-state index in [1.165, 1.54) is 0 Å². The quantitative estimate of drug-likeness (QED) is 0.678. The fraction of sp³-hybridized carbons (Fsp3) is 0.381. The number of nitrogens with two attached hydrogens (primary N) is 1. The molecule has 28 heavy (non-hydrogen) atoms. The monoisotopic (exact) mass is 393 g/mol. The van der Waals surface area contributed by atoms with Gasteiger partial charge in [0.2, 0.25) is 5.91 Å². The Hall–Kier alpha value is -2.38. The molecular weight excluding hydrogens is 367 g/mol. The van der Waals surface area contributed by atoms with Crippen LogP contribution in [0.5, 0.6) is 0 Å². The average Bonchev–Trinajstić information content (AvgIpc) is 2.67. The van der Waals surface area contributed by atoms with E-state index >= 15 is 0 Å². The molecule has 0 spiro atoms. The predicted octanol–water partition coefficient (Wildman–Crippen LogP) is 3.98. The molecular formula is C21H26F3N3O. The third-order valence-corrected chi connectivity index (χ3v) is 4.75. The van der Waals surface area contributed by atoms with E-state index in [1.807, 2.05) is 19.9 Å². The number of nitrogens with zero attached hydrogens (tertiary/aromatic N) is 1. The summed E-state index contributed by atoms with van der Waals surface area (Å²) in [5.41, 5.74) is 6.85. The van der Waals surface area contributed by atoms with Crippen LogP contribution in [0, 0.1) is 0 Å². The van der Waals surface area contributed by atoms with Crippen molar-refractivity contribution in [3.05, 3.63) is 70.8 Å². The maximum absolute atomic E-state index is 12.8. The van der Waals surface area contributed by atoms with Crippen LogP contribution in [-0.2, 0) is 12.7 Å². The molecule has 0 saturated heterocycles. The molecule has 1 unspecified atom stereocenters. The van der Waals surface area contributed by atoms with Crippen molar-refractivity contribution in [2.75, 3.05) is 19.6 Å². The third kappa shape index (κ3) is 5.81. The number of likely N-dealkylation sites (N-methyl/N-ethyl adjacent to an activating group) is 1. The van der Waals surface area contributed by atoms with E-state index in [0.29, 0.717) is 18.7 Å². The molecule has 4 nitrogen and oxygen atoms in total. The average molecular weight is 393 g/mol. The molecule has 2 rings (SSSR count). The summed E-state index contributed by atoms with van der Waals surface area (Å²) < 4.78 is 38.5. The summed E-state index contributed by atoms with van der Waals surface area (Å²) >= 11 is 0. The fourth-order valence-corrected chi connectivity index (χ4v) is 3.20. The van der Waals surface area contributed by atoms with Gasteiger partial charge < -0.3 is 11.1 Å². The standard InChI is InChI=1S/C21H26F3N3O/c1-3-27(4-2)19(16-8-10-18(11-9-16)21(22,23)24)14-26-13-15-6-5-7-17(12-15)20(25)28/h5-12,19,26H,3-4,13-14H2,1-2H3,(H2,25,28). The minimum atomic E-state index is -4.34. The number of primary amides is 1. The molecule has 3 N–H and O–H groups in total. The van der Waals surface area contributed by atoms with E-state index in [4.69, 9.17) is 5.73 Å². The third-order valence-electron chi connectivity index (χ3n) is 4.75. The number of benzene rings is 2. The Morgan fingerprint density at radius 2 is 1.75 bits per heavy atom. The summed E-state index contributed by atoms with van der Waals surface area (Å²) in [6.45, 7) is 6.70. The van der Waals surface area contributed by atoms with Crippen LogP contribution in [0.2, 0.25) is 0 Å². The summed E-state index contributed by atoms with van der Waals surface area (Å²) in [4.78, 5) is 13.5. The summed E-state index contributed by atoms with van der Waals surface area (Å²) in [6.07, 6.45) is -4.34. The second kappa shape index (κ2) is 9.71. The maximum Gasteiger partial charge on any atom is 0.416 e. The Balaban J connectivity index is 2.11.